The Labute approximate surface area is 88.9 Å². The average molecular weight is 204 g/mol. The summed E-state index contributed by atoms with van der Waals surface area (Å²) in [5.41, 5.74) is 8.82. The zero-order valence-corrected chi connectivity index (χ0v) is 9.12. The summed E-state index contributed by atoms with van der Waals surface area (Å²) in [5, 5.41) is 0. The van der Waals surface area contributed by atoms with Crippen molar-refractivity contribution in [3.05, 3.63) is 18.1 Å². The van der Waals surface area contributed by atoms with Gasteiger partial charge in [-0.2, -0.15) is 0 Å². The predicted octanol–water partition coefficient (Wildman–Crippen LogP) is 2.44. The summed E-state index contributed by atoms with van der Waals surface area (Å²) < 4.78 is 0. The highest BCUT2D eigenvalue weighted by atomic mass is 14.9. The second kappa shape index (κ2) is 3.88. The van der Waals surface area contributed by atoms with Crippen LogP contribution in [0.2, 0.25) is 0 Å². The van der Waals surface area contributed by atoms with Crippen LogP contribution in [0.1, 0.15) is 38.2 Å². The summed E-state index contributed by atoms with van der Waals surface area (Å²) >= 11 is 0. The molecule has 4 heteroatoms. The van der Waals surface area contributed by atoms with Crippen molar-refractivity contribution in [3.63, 3.8) is 0 Å². The molecule has 0 saturated carbocycles. The minimum Gasteiger partial charge on any atom is -0.382 e. The first-order valence-corrected chi connectivity index (χ1v) is 5.31. The molecule has 0 aliphatic rings. The molecule has 1 unspecified atom stereocenters. The van der Waals surface area contributed by atoms with Gasteiger partial charge in [0, 0.05) is 6.20 Å². The standard InChI is InChI=1S/C11H16N4/c1-3-4-7(2)8-5-13-10-9(8)14-6-15-11(10)12/h5-7,13H,3-4H2,1-2H3,(H2,12,14,15). The molecular weight excluding hydrogens is 188 g/mol. The Kier molecular flexibility index (Phi) is 2.58. The molecule has 1 atom stereocenters. The van der Waals surface area contributed by atoms with E-state index in [9.17, 15) is 0 Å². The molecule has 15 heavy (non-hydrogen) atoms. The van der Waals surface area contributed by atoms with Crippen LogP contribution in [0.15, 0.2) is 12.5 Å². The smallest absolute Gasteiger partial charge is 0.151 e. The summed E-state index contributed by atoms with van der Waals surface area (Å²) in [6.45, 7) is 4.40. The number of rotatable bonds is 3. The lowest BCUT2D eigenvalue weighted by Crippen LogP contribution is -1.95. The highest BCUT2D eigenvalue weighted by Gasteiger charge is 2.13. The first-order valence-electron chi connectivity index (χ1n) is 5.31. The van der Waals surface area contributed by atoms with Crippen molar-refractivity contribution in [3.8, 4) is 0 Å². The van der Waals surface area contributed by atoms with E-state index in [4.69, 9.17) is 5.73 Å². The number of nitrogens with two attached hydrogens (primary N) is 1. The molecule has 0 aliphatic heterocycles. The maximum Gasteiger partial charge on any atom is 0.151 e. The van der Waals surface area contributed by atoms with E-state index in [0.717, 1.165) is 17.5 Å². The number of anilines is 1. The molecule has 0 bridgehead atoms. The lowest BCUT2D eigenvalue weighted by atomic mass is 9.98. The summed E-state index contributed by atoms with van der Waals surface area (Å²) in [6, 6.07) is 0. The fourth-order valence-corrected chi connectivity index (χ4v) is 1.94. The molecule has 0 spiro atoms. The normalized spacial score (nSPS) is 13.2. The van der Waals surface area contributed by atoms with Crippen LogP contribution in [0.3, 0.4) is 0 Å². The van der Waals surface area contributed by atoms with Crippen LogP contribution < -0.4 is 5.73 Å². The molecule has 2 heterocycles. The van der Waals surface area contributed by atoms with Gasteiger partial charge in [0.1, 0.15) is 11.8 Å². The number of nitrogens with zero attached hydrogens (tertiary/aromatic N) is 2. The van der Waals surface area contributed by atoms with Gasteiger partial charge in [0.25, 0.3) is 0 Å². The summed E-state index contributed by atoms with van der Waals surface area (Å²) in [4.78, 5) is 11.4. The van der Waals surface area contributed by atoms with E-state index in [1.54, 1.807) is 0 Å². The van der Waals surface area contributed by atoms with Gasteiger partial charge >= 0.3 is 0 Å². The number of aromatic nitrogens is 3. The zero-order chi connectivity index (χ0) is 10.8. The van der Waals surface area contributed by atoms with Crippen LogP contribution in [0.25, 0.3) is 11.0 Å². The van der Waals surface area contributed by atoms with E-state index in [0.29, 0.717) is 11.7 Å². The van der Waals surface area contributed by atoms with Crippen molar-refractivity contribution in [2.24, 2.45) is 0 Å². The molecule has 2 aromatic heterocycles. The lowest BCUT2D eigenvalue weighted by Gasteiger charge is -2.07. The van der Waals surface area contributed by atoms with Crippen molar-refractivity contribution < 1.29 is 0 Å². The number of aromatic amines is 1. The van der Waals surface area contributed by atoms with Gasteiger partial charge in [-0.05, 0) is 17.9 Å². The van der Waals surface area contributed by atoms with Crippen LogP contribution in [-0.2, 0) is 0 Å². The Morgan fingerprint density at radius 3 is 3.00 bits per heavy atom. The van der Waals surface area contributed by atoms with E-state index >= 15 is 0 Å². The summed E-state index contributed by atoms with van der Waals surface area (Å²) in [7, 11) is 0. The molecule has 0 aromatic carbocycles. The number of nitrogens with one attached hydrogen (secondary N) is 1. The van der Waals surface area contributed by atoms with E-state index in [1.807, 2.05) is 6.20 Å². The third kappa shape index (κ3) is 1.67. The van der Waals surface area contributed by atoms with Crippen molar-refractivity contribution in [1.82, 2.24) is 15.0 Å². The molecule has 0 amide bonds. The van der Waals surface area contributed by atoms with Gasteiger partial charge < -0.3 is 10.7 Å². The monoisotopic (exact) mass is 204 g/mol. The average Bonchev–Trinajstić information content (AvgIpc) is 2.63. The highest BCUT2D eigenvalue weighted by Crippen LogP contribution is 2.28. The second-order valence-corrected chi connectivity index (χ2v) is 3.92. The Morgan fingerprint density at radius 1 is 1.47 bits per heavy atom. The third-order valence-corrected chi connectivity index (χ3v) is 2.77. The quantitative estimate of drug-likeness (QED) is 0.806. The first kappa shape index (κ1) is 9.96. The molecule has 2 aromatic rings. The minimum atomic E-state index is 0.512. The SMILES string of the molecule is CCCC(C)c1c[nH]c2c(N)ncnc12. The van der Waals surface area contributed by atoms with Gasteiger partial charge in [-0.3, -0.25) is 0 Å². The molecule has 0 saturated heterocycles. The van der Waals surface area contributed by atoms with Gasteiger partial charge in [-0.15, -0.1) is 0 Å². The van der Waals surface area contributed by atoms with Crippen molar-refractivity contribution in [2.45, 2.75) is 32.6 Å². The molecule has 2 rings (SSSR count). The molecule has 4 nitrogen and oxygen atoms in total. The van der Waals surface area contributed by atoms with Gasteiger partial charge in [-0.1, -0.05) is 20.3 Å². The molecule has 0 radical (unpaired) electrons. The molecule has 0 aliphatic carbocycles. The Morgan fingerprint density at radius 2 is 2.27 bits per heavy atom. The first-order chi connectivity index (χ1) is 7.24. The second-order valence-electron chi connectivity index (χ2n) is 3.92. The summed E-state index contributed by atoms with van der Waals surface area (Å²) in [5.74, 6) is 1.04. The molecule has 80 valence electrons. The number of H-pyrrole nitrogens is 1. The number of fused-ring (bicyclic) bond motifs is 1. The highest BCUT2D eigenvalue weighted by molar-refractivity contribution is 5.87. The van der Waals surface area contributed by atoms with Crippen molar-refractivity contribution in [2.75, 3.05) is 5.73 Å². The summed E-state index contributed by atoms with van der Waals surface area (Å²) in [6.07, 6.45) is 5.86. The number of nitrogen functional groups attached to an aromatic ring is 1. The maximum absolute atomic E-state index is 5.76. The lowest BCUT2D eigenvalue weighted by molar-refractivity contribution is 0.668. The largest absolute Gasteiger partial charge is 0.382 e. The number of hydrogen-bond acceptors (Lipinski definition) is 3. The molecule has 0 fully saturated rings. The number of hydrogen-bond donors (Lipinski definition) is 2. The van der Waals surface area contributed by atoms with Crippen molar-refractivity contribution >= 4 is 16.9 Å². The fourth-order valence-electron chi connectivity index (χ4n) is 1.94. The van der Waals surface area contributed by atoms with E-state index < -0.39 is 0 Å². The van der Waals surface area contributed by atoms with Gasteiger partial charge in [0.2, 0.25) is 0 Å². The van der Waals surface area contributed by atoms with E-state index in [1.165, 1.54) is 18.3 Å². The third-order valence-electron chi connectivity index (χ3n) is 2.77. The molecule has 3 N–H and O–H groups in total. The fraction of sp³-hybridized carbons (Fsp3) is 0.455. The predicted molar refractivity (Wildman–Crippen MR) is 61.6 cm³/mol. The van der Waals surface area contributed by atoms with Gasteiger partial charge in [0.15, 0.2) is 5.82 Å². The Hall–Kier alpha value is -1.58. The van der Waals surface area contributed by atoms with E-state index in [-0.39, 0.29) is 0 Å². The van der Waals surface area contributed by atoms with Crippen LogP contribution in [0, 0.1) is 0 Å². The van der Waals surface area contributed by atoms with Gasteiger partial charge in [-0.25, -0.2) is 9.97 Å². The Bertz CT molecular complexity index is 461. The maximum atomic E-state index is 5.76. The van der Waals surface area contributed by atoms with Crippen LogP contribution >= 0.6 is 0 Å². The topological polar surface area (TPSA) is 67.6 Å². The van der Waals surface area contributed by atoms with Gasteiger partial charge in [0.05, 0.1) is 5.52 Å². The zero-order valence-electron chi connectivity index (χ0n) is 9.12. The molecular formula is C11H16N4. The van der Waals surface area contributed by atoms with E-state index in [2.05, 4.69) is 28.8 Å². The van der Waals surface area contributed by atoms with Crippen LogP contribution in [0.4, 0.5) is 5.82 Å². The minimum absolute atomic E-state index is 0.512. The van der Waals surface area contributed by atoms with Crippen LogP contribution in [0.5, 0.6) is 0 Å². The van der Waals surface area contributed by atoms with Crippen LogP contribution in [-0.4, -0.2) is 15.0 Å². The van der Waals surface area contributed by atoms with Crippen molar-refractivity contribution in [1.29, 1.82) is 0 Å². The Balaban J connectivity index is 2.49.